The lowest BCUT2D eigenvalue weighted by atomic mass is 9.87. The second-order valence-electron chi connectivity index (χ2n) is 8.78. The standard InChI is InChI=1S/C32H19BrN2/c33-23-13-7-12-22(18-23)32-34-28-16-14-24-26(20-8-3-1-4-9-20)19-27(21-10-5-2-6-11-21)25-15-17-29(35-32)31(28)30(24)25/h1-19H. The molecule has 0 saturated carbocycles. The van der Waals surface area contributed by atoms with Crippen LogP contribution in [0.3, 0.4) is 0 Å². The van der Waals surface area contributed by atoms with Crippen molar-refractivity contribution in [3.63, 3.8) is 0 Å². The van der Waals surface area contributed by atoms with Gasteiger partial charge in [0.15, 0.2) is 5.82 Å². The van der Waals surface area contributed by atoms with Crippen LogP contribution in [-0.4, -0.2) is 9.97 Å². The van der Waals surface area contributed by atoms with Gasteiger partial charge < -0.3 is 0 Å². The van der Waals surface area contributed by atoms with Gasteiger partial charge in [-0.3, -0.25) is 0 Å². The molecule has 0 radical (unpaired) electrons. The summed E-state index contributed by atoms with van der Waals surface area (Å²) in [6, 6.07) is 40.5. The minimum Gasteiger partial charge on any atom is -0.228 e. The first kappa shape index (κ1) is 20.3. The number of benzene rings is 6. The monoisotopic (exact) mass is 510 g/mol. The van der Waals surface area contributed by atoms with E-state index in [1.54, 1.807) is 0 Å². The van der Waals surface area contributed by atoms with Gasteiger partial charge in [-0.2, -0.15) is 0 Å². The van der Waals surface area contributed by atoms with Gasteiger partial charge in [-0.25, -0.2) is 9.97 Å². The molecule has 35 heavy (non-hydrogen) atoms. The second-order valence-corrected chi connectivity index (χ2v) is 9.69. The predicted molar refractivity (Wildman–Crippen MR) is 150 cm³/mol. The summed E-state index contributed by atoms with van der Waals surface area (Å²) in [5.41, 5.74) is 7.79. The average Bonchev–Trinajstić information content (AvgIpc) is 2.92. The van der Waals surface area contributed by atoms with E-state index in [2.05, 4.69) is 119 Å². The van der Waals surface area contributed by atoms with E-state index in [1.807, 2.05) is 12.1 Å². The molecule has 7 aromatic rings. The molecule has 0 N–H and O–H groups in total. The van der Waals surface area contributed by atoms with E-state index in [0.717, 1.165) is 32.3 Å². The highest BCUT2D eigenvalue weighted by Crippen LogP contribution is 2.43. The van der Waals surface area contributed by atoms with Crippen molar-refractivity contribution >= 4 is 48.5 Å². The zero-order valence-electron chi connectivity index (χ0n) is 18.7. The molecule has 0 atom stereocenters. The van der Waals surface area contributed by atoms with Gasteiger partial charge >= 0.3 is 0 Å². The van der Waals surface area contributed by atoms with Crippen molar-refractivity contribution in [2.45, 2.75) is 0 Å². The lowest BCUT2D eigenvalue weighted by molar-refractivity contribution is 1.26. The summed E-state index contributed by atoms with van der Waals surface area (Å²) >= 11 is 3.58. The third-order valence-electron chi connectivity index (χ3n) is 6.69. The van der Waals surface area contributed by atoms with Crippen LogP contribution in [0.1, 0.15) is 0 Å². The Balaban J connectivity index is 1.61. The number of nitrogens with zero attached hydrogens (tertiary/aromatic N) is 2. The van der Waals surface area contributed by atoms with E-state index in [4.69, 9.17) is 9.97 Å². The maximum atomic E-state index is 5.01. The van der Waals surface area contributed by atoms with E-state index >= 15 is 0 Å². The van der Waals surface area contributed by atoms with E-state index < -0.39 is 0 Å². The summed E-state index contributed by atoms with van der Waals surface area (Å²) in [7, 11) is 0. The molecule has 0 aliphatic rings. The van der Waals surface area contributed by atoms with E-state index in [9.17, 15) is 0 Å². The average molecular weight is 511 g/mol. The summed E-state index contributed by atoms with van der Waals surface area (Å²) in [5, 5.41) is 4.79. The molecule has 164 valence electrons. The molecule has 6 aromatic carbocycles. The molecule has 0 saturated heterocycles. The Bertz CT molecular complexity index is 1740. The molecule has 0 spiro atoms. The van der Waals surface area contributed by atoms with Crippen LogP contribution in [0.5, 0.6) is 0 Å². The van der Waals surface area contributed by atoms with Crippen LogP contribution in [-0.2, 0) is 0 Å². The quantitative estimate of drug-likeness (QED) is 0.221. The van der Waals surface area contributed by atoms with Crippen molar-refractivity contribution in [1.82, 2.24) is 9.97 Å². The fraction of sp³-hybridized carbons (Fsp3) is 0. The van der Waals surface area contributed by atoms with Crippen molar-refractivity contribution in [3.8, 4) is 33.6 Å². The highest BCUT2D eigenvalue weighted by Gasteiger charge is 2.18. The van der Waals surface area contributed by atoms with Crippen LogP contribution in [0, 0.1) is 0 Å². The molecule has 2 nitrogen and oxygen atoms in total. The van der Waals surface area contributed by atoms with Gasteiger partial charge in [0.25, 0.3) is 0 Å². The first-order valence-electron chi connectivity index (χ1n) is 11.6. The molecule has 7 rings (SSSR count). The van der Waals surface area contributed by atoms with Crippen molar-refractivity contribution in [2.24, 2.45) is 0 Å². The van der Waals surface area contributed by atoms with Crippen LogP contribution >= 0.6 is 15.9 Å². The fourth-order valence-corrected chi connectivity index (χ4v) is 5.52. The van der Waals surface area contributed by atoms with E-state index in [0.29, 0.717) is 0 Å². The SMILES string of the molecule is Brc1cccc(-c2nc3ccc4c(-c5ccccc5)cc(-c5ccccc5)c5ccc(n2)c3c45)c1. The smallest absolute Gasteiger partial charge is 0.160 e. The Morgan fingerprint density at radius 1 is 0.457 bits per heavy atom. The minimum atomic E-state index is 0.740. The van der Waals surface area contributed by atoms with E-state index in [-0.39, 0.29) is 0 Å². The highest BCUT2D eigenvalue weighted by molar-refractivity contribution is 9.10. The topological polar surface area (TPSA) is 25.8 Å². The summed E-state index contributed by atoms with van der Waals surface area (Å²) in [4.78, 5) is 10.0. The van der Waals surface area contributed by atoms with Crippen LogP contribution in [0.2, 0.25) is 0 Å². The van der Waals surface area contributed by atoms with Crippen LogP contribution in [0.15, 0.2) is 120 Å². The van der Waals surface area contributed by atoms with Crippen LogP contribution in [0.4, 0.5) is 0 Å². The minimum absolute atomic E-state index is 0.740. The summed E-state index contributed by atoms with van der Waals surface area (Å²) < 4.78 is 1.02. The molecule has 0 aliphatic heterocycles. The summed E-state index contributed by atoms with van der Waals surface area (Å²) in [5.74, 6) is 0.740. The Morgan fingerprint density at radius 2 is 1.00 bits per heavy atom. The Hall–Kier alpha value is -4.08. The predicted octanol–water partition coefficient (Wildman–Crippen LogP) is 9.14. The third kappa shape index (κ3) is 3.31. The van der Waals surface area contributed by atoms with E-state index in [1.165, 1.54) is 38.4 Å². The Kier molecular flexibility index (Phi) is 4.64. The van der Waals surface area contributed by atoms with Gasteiger partial charge in [0.05, 0.1) is 11.0 Å². The lowest BCUT2D eigenvalue weighted by Gasteiger charge is -2.18. The summed E-state index contributed by atoms with van der Waals surface area (Å²) in [6.45, 7) is 0. The summed E-state index contributed by atoms with van der Waals surface area (Å²) in [6.07, 6.45) is 0. The molecule has 0 bridgehead atoms. The molecular weight excluding hydrogens is 492 g/mol. The van der Waals surface area contributed by atoms with Crippen molar-refractivity contribution in [2.75, 3.05) is 0 Å². The molecule has 0 fully saturated rings. The Morgan fingerprint density at radius 3 is 1.54 bits per heavy atom. The number of rotatable bonds is 3. The molecule has 1 heterocycles. The molecule has 0 unspecified atom stereocenters. The third-order valence-corrected chi connectivity index (χ3v) is 7.18. The maximum absolute atomic E-state index is 5.01. The normalized spacial score (nSPS) is 11.6. The largest absolute Gasteiger partial charge is 0.228 e. The van der Waals surface area contributed by atoms with Crippen LogP contribution in [0.25, 0.3) is 66.2 Å². The van der Waals surface area contributed by atoms with Gasteiger partial charge in [0.1, 0.15) is 0 Å². The molecule has 0 aliphatic carbocycles. The van der Waals surface area contributed by atoms with Gasteiger partial charge in [0.2, 0.25) is 0 Å². The number of hydrogen-bond donors (Lipinski definition) is 0. The fourth-order valence-electron chi connectivity index (χ4n) is 5.12. The molecule has 1 aromatic heterocycles. The van der Waals surface area contributed by atoms with Gasteiger partial charge in [0, 0.05) is 20.8 Å². The highest BCUT2D eigenvalue weighted by atomic mass is 79.9. The molecule has 3 heteroatoms. The van der Waals surface area contributed by atoms with Gasteiger partial charge in [-0.1, -0.05) is 101 Å². The zero-order chi connectivity index (χ0) is 23.4. The van der Waals surface area contributed by atoms with Gasteiger partial charge in [-0.05, 0) is 63.4 Å². The number of hydrogen-bond acceptors (Lipinski definition) is 2. The molecular formula is C32H19BrN2. The lowest BCUT2D eigenvalue weighted by Crippen LogP contribution is -1.96. The maximum Gasteiger partial charge on any atom is 0.160 e. The molecule has 0 amide bonds. The van der Waals surface area contributed by atoms with Crippen molar-refractivity contribution in [3.05, 3.63) is 120 Å². The zero-order valence-corrected chi connectivity index (χ0v) is 20.3. The Labute approximate surface area is 211 Å². The van der Waals surface area contributed by atoms with Crippen molar-refractivity contribution < 1.29 is 0 Å². The number of halogens is 1. The second kappa shape index (κ2) is 8.00. The number of aromatic nitrogens is 2. The first-order valence-corrected chi connectivity index (χ1v) is 12.4. The van der Waals surface area contributed by atoms with Crippen LogP contribution < -0.4 is 0 Å². The van der Waals surface area contributed by atoms with Gasteiger partial charge in [-0.15, -0.1) is 0 Å². The van der Waals surface area contributed by atoms with Crippen molar-refractivity contribution in [1.29, 1.82) is 0 Å². The first-order chi connectivity index (χ1) is 17.3.